The Morgan fingerprint density at radius 3 is 2.69 bits per heavy atom. The first-order valence-corrected chi connectivity index (χ1v) is 10.3. The largest absolute Gasteiger partial charge is 0.466 e. The third-order valence-corrected chi connectivity index (χ3v) is 4.99. The van der Waals surface area contributed by atoms with Crippen molar-refractivity contribution in [3.63, 3.8) is 0 Å². The van der Waals surface area contributed by atoms with Gasteiger partial charge >= 0.3 is 11.7 Å². The smallest absolute Gasteiger partial charge is 0.328 e. The van der Waals surface area contributed by atoms with Gasteiger partial charge in [0.15, 0.2) is 0 Å². The Labute approximate surface area is 182 Å². The molecule has 32 heavy (non-hydrogen) atoms. The van der Waals surface area contributed by atoms with Gasteiger partial charge in [0.2, 0.25) is 11.8 Å². The maximum atomic E-state index is 12.5. The summed E-state index contributed by atoms with van der Waals surface area (Å²) in [6, 6.07) is 14.5. The van der Waals surface area contributed by atoms with E-state index in [1.165, 1.54) is 0 Å². The standard InChI is InChI=1S/C23H22N4O5/c1-15-7-9-16(10-8-15)21-26-25-19(32-21)11-12-20(28)31-14-4-13-27-22(29)17-5-2-3-6-18(17)24-23(27)30/h2-3,5-10H,4,11-14H2,1H3,(H,24,30). The molecule has 2 heterocycles. The molecule has 0 aliphatic heterocycles. The number of aromatic amines is 1. The Hall–Kier alpha value is -4.01. The summed E-state index contributed by atoms with van der Waals surface area (Å²) in [5, 5.41) is 8.41. The summed E-state index contributed by atoms with van der Waals surface area (Å²) in [5.74, 6) is 0.339. The number of esters is 1. The molecule has 0 unspecified atom stereocenters. The molecule has 0 saturated heterocycles. The summed E-state index contributed by atoms with van der Waals surface area (Å²) in [6.45, 7) is 2.23. The number of rotatable bonds is 8. The average Bonchev–Trinajstić information content (AvgIpc) is 3.26. The van der Waals surface area contributed by atoms with Crippen molar-refractivity contribution in [2.24, 2.45) is 0 Å². The highest BCUT2D eigenvalue weighted by Crippen LogP contribution is 2.18. The zero-order chi connectivity index (χ0) is 22.5. The number of benzene rings is 2. The molecule has 2 aromatic heterocycles. The minimum atomic E-state index is -0.485. The van der Waals surface area contributed by atoms with Crippen molar-refractivity contribution in [3.8, 4) is 11.5 Å². The van der Waals surface area contributed by atoms with E-state index in [-0.39, 0.29) is 31.6 Å². The highest BCUT2D eigenvalue weighted by atomic mass is 16.5. The van der Waals surface area contributed by atoms with Crippen LogP contribution >= 0.6 is 0 Å². The molecule has 4 rings (SSSR count). The minimum Gasteiger partial charge on any atom is -0.466 e. The molecule has 0 aliphatic carbocycles. The number of carbonyl (C=O) groups is 1. The molecule has 9 heteroatoms. The van der Waals surface area contributed by atoms with E-state index in [0.29, 0.717) is 29.1 Å². The van der Waals surface area contributed by atoms with Crippen molar-refractivity contribution >= 4 is 16.9 Å². The van der Waals surface area contributed by atoms with Crippen LogP contribution in [-0.4, -0.2) is 32.3 Å². The van der Waals surface area contributed by atoms with Gasteiger partial charge in [0, 0.05) is 18.5 Å². The Balaban J connectivity index is 1.25. The number of hydrogen-bond donors (Lipinski definition) is 1. The molecule has 164 valence electrons. The normalized spacial score (nSPS) is 11.0. The maximum absolute atomic E-state index is 12.5. The first-order valence-electron chi connectivity index (χ1n) is 10.3. The van der Waals surface area contributed by atoms with Gasteiger partial charge < -0.3 is 14.1 Å². The number of para-hydroxylation sites is 1. The van der Waals surface area contributed by atoms with Crippen LogP contribution in [0.3, 0.4) is 0 Å². The zero-order valence-corrected chi connectivity index (χ0v) is 17.5. The van der Waals surface area contributed by atoms with Crippen LogP contribution in [0.2, 0.25) is 0 Å². The molecule has 4 aromatic rings. The van der Waals surface area contributed by atoms with E-state index in [4.69, 9.17) is 9.15 Å². The lowest BCUT2D eigenvalue weighted by Crippen LogP contribution is -2.35. The van der Waals surface area contributed by atoms with Crippen molar-refractivity contribution < 1.29 is 13.9 Å². The van der Waals surface area contributed by atoms with Crippen molar-refractivity contribution in [1.29, 1.82) is 0 Å². The first-order chi connectivity index (χ1) is 15.5. The van der Waals surface area contributed by atoms with E-state index in [0.717, 1.165) is 15.7 Å². The number of nitrogens with zero attached hydrogens (tertiary/aromatic N) is 3. The summed E-state index contributed by atoms with van der Waals surface area (Å²) in [5.41, 5.74) is 1.59. The molecule has 0 amide bonds. The van der Waals surface area contributed by atoms with E-state index < -0.39 is 11.7 Å². The summed E-state index contributed by atoms with van der Waals surface area (Å²) in [6.07, 6.45) is 0.693. The quantitative estimate of drug-likeness (QED) is 0.334. The highest BCUT2D eigenvalue weighted by Gasteiger charge is 2.12. The van der Waals surface area contributed by atoms with Gasteiger partial charge in [0.25, 0.3) is 5.56 Å². The first kappa shape index (κ1) is 21.2. The number of aromatic nitrogens is 4. The van der Waals surface area contributed by atoms with Gasteiger partial charge in [-0.1, -0.05) is 29.8 Å². The van der Waals surface area contributed by atoms with E-state index >= 15 is 0 Å². The molecule has 0 aliphatic rings. The van der Waals surface area contributed by atoms with Crippen molar-refractivity contribution in [1.82, 2.24) is 19.7 Å². The number of fused-ring (bicyclic) bond motifs is 1. The average molecular weight is 434 g/mol. The SMILES string of the molecule is Cc1ccc(-c2nnc(CCC(=O)OCCCn3c(=O)[nH]c4ccccc4c3=O)o2)cc1. The second kappa shape index (κ2) is 9.42. The number of ether oxygens (including phenoxy) is 1. The fraction of sp³-hybridized carbons (Fsp3) is 0.261. The summed E-state index contributed by atoms with van der Waals surface area (Å²) >= 11 is 0. The van der Waals surface area contributed by atoms with Crippen LogP contribution in [0.25, 0.3) is 22.4 Å². The van der Waals surface area contributed by atoms with Crippen LogP contribution in [-0.2, 0) is 22.5 Å². The molecule has 0 saturated carbocycles. The van der Waals surface area contributed by atoms with E-state index in [2.05, 4.69) is 15.2 Å². The molecule has 0 atom stereocenters. The third-order valence-electron chi connectivity index (χ3n) is 4.99. The molecule has 0 spiro atoms. The van der Waals surface area contributed by atoms with Gasteiger partial charge in [0.1, 0.15) is 0 Å². The molecule has 2 aromatic carbocycles. The number of aryl methyl sites for hydroxylation is 2. The van der Waals surface area contributed by atoms with Gasteiger partial charge in [-0.25, -0.2) is 4.79 Å². The zero-order valence-electron chi connectivity index (χ0n) is 17.5. The van der Waals surface area contributed by atoms with Gasteiger partial charge in [-0.15, -0.1) is 10.2 Å². The van der Waals surface area contributed by atoms with Crippen molar-refractivity contribution in [2.75, 3.05) is 6.61 Å². The van der Waals surface area contributed by atoms with Crippen LogP contribution in [0.1, 0.15) is 24.3 Å². The molecular weight excluding hydrogens is 412 g/mol. The molecule has 9 nitrogen and oxygen atoms in total. The number of nitrogens with one attached hydrogen (secondary N) is 1. The lowest BCUT2D eigenvalue weighted by Gasteiger charge is -2.07. The number of hydrogen-bond acceptors (Lipinski definition) is 7. The maximum Gasteiger partial charge on any atom is 0.328 e. The predicted molar refractivity (Wildman–Crippen MR) is 117 cm³/mol. The topological polar surface area (TPSA) is 120 Å². The molecule has 0 radical (unpaired) electrons. The Morgan fingerprint density at radius 1 is 1.09 bits per heavy atom. The van der Waals surface area contributed by atoms with E-state index in [1.54, 1.807) is 24.3 Å². The molecule has 1 N–H and O–H groups in total. The van der Waals surface area contributed by atoms with Crippen molar-refractivity contribution in [3.05, 3.63) is 80.8 Å². The van der Waals surface area contributed by atoms with E-state index in [1.807, 2.05) is 31.2 Å². The lowest BCUT2D eigenvalue weighted by atomic mass is 10.1. The van der Waals surface area contributed by atoms with Gasteiger partial charge in [-0.05, 0) is 37.6 Å². The Morgan fingerprint density at radius 2 is 1.88 bits per heavy atom. The third kappa shape index (κ3) is 4.83. The monoisotopic (exact) mass is 434 g/mol. The highest BCUT2D eigenvalue weighted by molar-refractivity contribution is 5.76. The second-order valence-electron chi connectivity index (χ2n) is 7.37. The summed E-state index contributed by atoms with van der Waals surface area (Å²) in [4.78, 5) is 39.3. The Bertz CT molecular complexity index is 1350. The van der Waals surface area contributed by atoms with Crippen LogP contribution in [0, 0.1) is 6.92 Å². The number of H-pyrrole nitrogens is 1. The molecule has 0 bridgehead atoms. The molecule has 0 fully saturated rings. The van der Waals surface area contributed by atoms with Gasteiger partial charge in [0.05, 0.1) is 23.9 Å². The van der Waals surface area contributed by atoms with E-state index in [9.17, 15) is 14.4 Å². The van der Waals surface area contributed by atoms with Crippen LogP contribution in [0.15, 0.2) is 62.5 Å². The van der Waals surface area contributed by atoms with Gasteiger partial charge in [-0.2, -0.15) is 0 Å². The summed E-state index contributed by atoms with van der Waals surface area (Å²) in [7, 11) is 0. The number of carbonyl (C=O) groups excluding carboxylic acids is 1. The van der Waals surface area contributed by atoms with Crippen molar-refractivity contribution in [2.45, 2.75) is 32.7 Å². The fourth-order valence-electron chi connectivity index (χ4n) is 3.26. The lowest BCUT2D eigenvalue weighted by molar-refractivity contribution is -0.143. The predicted octanol–water partition coefficient (Wildman–Crippen LogP) is 2.61. The second-order valence-corrected chi connectivity index (χ2v) is 7.37. The molecular formula is C23H22N4O5. The van der Waals surface area contributed by atoms with Crippen LogP contribution in [0.4, 0.5) is 0 Å². The Kier molecular flexibility index (Phi) is 6.25. The minimum absolute atomic E-state index is 0.0893. The van der Waals surface area contributed by atoms with Crippen LogP contribution < -0.4 is 11.2 Å². The fourth-order valence-corrected chi connectivity index (χ4v) is 3.26. The van der Waals surface area contributed by atoms with Gasteiger partial charge in [-0.3, -0.25) is 14.2 Å². The van der Waals surface area contributed by atoms with Crippen LogP contribution in [0.5, 0.6) is 0 Å². The summed E-state index contributed by atoms with van der Waals surface area (Å²) < 4.78 is 11.9.